The molecular weight excluding hydrogens is 376 g/mol. The van der Waals surface area contributed by atoms with Crippen molar-refractivity contribution >= 4 is 12.0 Å². The number of hydrogen-bond acceptors (Lipinski definition) is 4. The minimum atomic E-state index is -0.468. The summed E-state index contributed by atoms with van der Waals surface area (Å²) in [4.78, 5) is 13.2. The molecule has 1 fully saturated rings. The molecule has 1 unspecified atom stereocenters. The molecule has 4 heteroatoms. The highest BCUT2D eigenvalue weighted by molar-refractivity contribution is 5.82. The number of esters is 1. The number of carbonyl (C=O) groups excluding carboxylic acids is 1. The number of rotatable bonds is 5. The summed E-state index contributed by atoms with van der Waals surface area (Å²) in [7, 11) is 3.31. The van der Waals surface area contributed by atoms with Gasteiger partial charge in [0.25, 0.3) is 0 Å². The van der Waals surface area contributed by atoms with Crippen LogP contribution in [0.4, 0.5) is 0 Å². The largest absolute Gasteiger partial charge is 0.497 e. The fourth-order valence-corrected chi connectivity index (χ4v) is 4.60. The first kappa shape index (κ1) is 20.3. The van der Waals surface area contributed by atoms with E-state index < -0.39 is 5.41 Å². The maximum Gasteiger partial charge on any atom is 0.318 e. The van der Waals surface area contributed by atoms with Crippen molar-refractivity contribution in [2.24, 2.45) is 5.41 Å². The standard InChI is InChI=1S/C26H28O4/c1-28-21-11-6-19(7-12-21)8-13-23-18-24(20-9-14-22(29-2)15-10-20)26(25(27)30-23)16-4-3-5-17-26/h6-15,18,24H,3-5,16-17H2,1-2H3. The summed E-state index contributed by atoms with van der Waals surface area (Å²) in [6.45, 7) is 0. The molecule has 0 amide bonds. The summed E-state index contributed by atoms with van der Waals surface area (Å²) >= 11 is 0. The van der Waals surface area contributed by atoms with Gasteiger partial charge in [-0.3, -0.25) is 4.79 Å². The summed E-state index contributed by atoms with van der Waals surface area (Å²) in [6.07, 6.45) is 11.0. The maximum absolute atomic E-state index is 13.2. The highest BCUT2D eigenvalue weighted by Crippen LogP contribution is 2.52. The molecule has 1 saturated carbocycles. The van der Waals surface area contributed by atoms with Crippen molar-refractivity contribution in [3.05, 3.63) is 77.6 Å². The van der Waals surface area contributed by atoms with Crippen molar-refractivity contribution < 1.29 is 19.0 Å². The van der Waals surface area contributed by atoms with Crippen LogP contribution in [-0.4, -0.2) is 20.2 Å². The van der Waals surface area contributed by atoms with E-state index >= 15 is 0 Å². The van der Waals surface area contributed by atoms with Gasteiger partial charge in [-0.2, -0.15) is 0 Å². The molecule has 2 aromatic carbocycles. The van der Waals surface area contributed by atoms with E-state index in [1.165, 1.54) is 6.42 Å². The lowest BCUT2D eigenvalue weighted by molar-refractivity contribution is -0.156. The summed E-state index contributed by atoms with van der Waals surface area (Å²) in [5.41, 5.74) is 1.68. The Balaban J connectivity index is 1.67. The highest BCUT2D eigenvalue weighted by atomic mass is 16.5. The van der Waals surface area contributed by atoms with E-state index in [1.54, 1.807) is 14.2 Å². The lowest BCUT2D eigenvalue weighted by Crippen LogP contribution is -2.42. The second-order valence-electron chi connectivity index (χ2n) is 8.03. The average molecular weight is 405 g/mol. The van der Waals surface area contributed by atoms with Gasteiger partial charge in [-0.15, -0.1) is 0 Å². The third-order valence-electron chi connectivity index (χ3n) is 6.32. The average Bonchev–Trinajstić information content (AvgIpc) is 2.81. The van der Waals surface area contributed by atoms with Gasteiger partial charge in [-0.05, 0) is 60.4 Å². The van der Waals surface area contributed by atoms with Gasteiger partial charge in [-0.1, -0.05) is 49.6 Å². The van der Waals surface area contributed by atoms with Crippen LogP contribution in [0, 0.1) is 5.41 Å². The summed E-state index contributed by atoms with van der Waals surface area (Å²) in [6, 6.07) is 15.9. The fourth-order valence-electron chi connectivity index (χ4n) is 4.60. The molecule has 0 N–H and O–H groups in total. The van der Waals surface area contributed by atoms with Gasteiger partial charge in [0.1, 0.15) is 17.3 Å². The van der Waals surface area contributed by atoms with E-state index in [-0.39, 0.29) is 11.9 Å². The van der Waals surface area contributed by atoms with Crippen LogP contribution in [0.2, 0.25) is 0 Å². The molecule has 1 aliphatic carbocycles. The molecule has 1 heterocycles. The lowest BCUT2D eigenvalue weighted by Gasteiger charge is -2.43. The van der Waals surface area contributed by atoms with Crippen LogP contribution < -0.4 is 9.47 Å². The summed E-state index contributed by atoms with van der Waals surface area (Å²) in [5, 5.41) is 0. The zero-order chi connectivity index (χ0) is 21.0. The summed E-state index contributed by atoms with van der Waals surface area (Å²) < 4.78 is 16.3. The topological polar surface area (TPSA) is 44.8 Å². The van der Waals surface area contributed by atoms with Gasteiger partial charge in [0, 0.05) is 5.92 Å². The normalized spacial score (nSPS) is 20.7. The first-order valence-electron chi connectivity index (χ1n) is 10.5. The van der Waals surface area contributed by atoms with Crippen molar-refractivity contribution in [2.75, 3.05) is 14.2 Å². The molecule has 4 rings (SSSR count). The van der Waals surface area contributed by atoms with Crippen molar-refractivity contribution in [2.45, 2.75) is 38.0 Å². The number of cyclic esters (lactones) is 1. The first-order valence-corrected chi connectivity index (χ1v) is 10.5. The Morgan fingerprint density at radius 3 is 2.07 bits per heavy atom. The van der Waals surface area contributed by atoms with E-state index in [4.69, 9.17) is 14.2 Å². The third kappa shape index (κ3) is 4.00. The van der Waals surface area contributed by atoms with Crippen LogP contribution in [0.25, 0.3) is 6.08 Å². The molecule has 1 spiro atoms. The molecule has 0 bridgehead atoms. The van der Waals surface area contributed by atoms with E-state index in [9.17, 15) is 4.79 Å². The van der Waals surface area contributed by atoms with E-state index in [1.807, 2.05) is 48.6 Å². The Kier molecular flexibility index (Phi) is 5.93. The number of allylic oxidation sites excluding steroid dienone is 2. The Morgan fingerprint density at radius 1 is 0.867 bits per heavy atom. The Labute approximate surface area is 178 Å². The number of benzene rings is 2. The molecule has 2 aliphatic rings. The molecular formula is C26H28O4. The molecule has 1 atom stereocenters. The second kappa shape index (κ2) is 8.78. The van der Waals surface area contributed by atoms with Crippen molar-refractivity contribution in [1.82, 2.24) is 0 Å². The van der Waals surface area contributed by atoms with Crippen LogP contribution in [-0.2, 0) is 9.53 Å². The minimum absolute atomic E-state index is 0.000438. The minimum Gasteiger partial charge on any atom is -0.497 e. The van der Waals surface area contributed by atoms with Crippen molar-refractivity contribution in [1.29, 1.82) is 0 Å². The van der Waals surface area contributed by atoms with Gasteiger partial charge in [0.05, 0.1) is 19.6 Å². The van der Waals surface area contributed by atoms with Crippen LogP contribution >= 0.6 is 0 Å². The first-order chi connectivity index (χ1) is 14.6. The van der Waals surface area contributed by atoms with Gasteiger partial charge in [-0.25, -0.2) is 0 Å². The van der Waals surface area contributed by atoms with Gasteiger partial charge >= 0.3 is 5.97 Å². The number of hydrogen-bond donors (Lipinski definition) is 0. The van der Waals surface area contributed by atoms with Crippen LogP contribution in [0.15, 0.2) is 66.4 Å². The van der Waals surface area contributed by atoms with Crippen LogP contribution in [0.5, 0.6) is 11.5 Å². The molecule has 30 heavy (non-hydrogen) atoms. The number of carbonyl (C=O) groups is 1. The monoisotopic (exact) mass is 404 g/mol. The lowest BCUT2D eigenvalue weighted by atomic mass is 9.62. The molecule has 2 aromatic rings. The third-order valence-corrected chi connectivity index (χ3v) is 6.32. The van der Waals surface area contributed by atoms with Gasteiger partial charge < -0.3 is 14.2 Å². The molecule has 4 nitrogen and oxygen atoms in total. The fraction of sp³-hybridized carbons (Fsp3) is 0.346. The second-order valence-corrected chi connectivity index (χ2v) is 8.03. The van der Waals surface area contributed by atoms with E-state index in [2.05, 4.69) is 18.2 Å². The highest BCUT2D eigenvalue weighted by Gasteiger charge is 2.49. The van der Waals surface area contributed by atoms with Crippen LogP contribution in [0.1, 0.15) is 49.1 Å². The van der Waals surface area contributed by atoms with Gasteiger partial charge in [0.15, 0.2) is 0 Å². The SMILES string of the molecule is COc1ccc(C=CC2=CC(c3ccc(OC)cc3)C3(CCCCC3)C(=O)O2)cc1. The van der Waals surface area contributed by atoms with Crippen LogP contribution in [0.3, 0.4) is 0 Å². The quantitative estimate of drug-likeness (QED) is 0.583. The molecule has 1 aliphatic heterocycles. The van der Waals surface area contributed by atoms with E-state index in [0.717, 1.165) is 48.3 Å². The molecule has 156 valence electrons. The zero-order valence-corrected chi connectivity index (χ0v) is 17.6. The predicted octanol–water partition coefficient (Wildman–Crippen LogP) is 5.89. The molecule has 0 aromatic heterocycles. The van der Waals surface area contributed by atoms with E-state index in [0.29, 0.717) is 5.76 Å². The number of methoxy groups -OCH3 is 2. The van der Waals surface area contributed by atoms with Gasteiger partial charge in [0.2, 0.25) is 0 Å². The summed E-state index contributed by atoms with van der Waals surface area (Å²) in [5.74, 6) is 2.14. The predicted molar refractivity (Wildman–Crippen MR) is 117 cm³/mol. The van der Waals surface area contributed by atoms with Crippen molar-refractivity contribution in [3.8, 4) is 11.5 Å². The number of ether oxygens (including phenoxy) is 3. The maximum atomic E-state index is 13.2. The smallest absolute Gasteiger partial charge is 0.318 e. The van der Waals surface area contributed by atoms with Crippen molar-refractivity contribution in [3.63, 3.8) is 0 Å². The Hall–Kier alpha value is -3.01. The zero-order valence-electron chi connectivity index (χ0n) is 17.6. The Morgan fingerprint density at radius 2 is 1.47 bits per heavy atom. The molecule has 0 saturated heterocycles. The Bertz CT molecular complexity index is 932. The molecule has 0 radical (unpaired) electrons.